The van der Waals surface area contributed by atoms with Crippen LogP contribution in [-0.2, 0) is 13.6 Å². The molecule has 2 N–H and O–H groups in total. The van der Waals surface area contributed by atoms with Gasteiger partial charge in [0.1, 0.15) is 5.15 Å². The second kappa shape index (κ2) is 4.77. The summed E-state index contributed by atoms with van der Waals surface area (Å²) in [6.45, 7) is 4.87. The first-order chi connectivity index (χ1) is 6.52. The Morgan fingerprint density at radius 1 is 1.64 bits per heavy atom. The molecule has 80 valence electrons. The van der Waals surface area contributed by atoms with Crippen molar-refractivity contribution in [2.45, 2.75) is 26.5 Å². The number of nitrogens with one attached hydrogen (secondary N) is 1. The molecule has 0 aliphatic carbocycles. The summed E-state index contributed by atoms with van der Waals surface area (Å²) in [7, 11) is 1.81. The molecule has 0 saturated carbocycles. The Morgan fingerprint density at radius 2 is 2.29 bits per heavy atom. The largest absolute Gasteiger partial charge is 0.392 e. The molecule has 0 bridgehead atoms. The Labute approximate surface area is 88.9 Å². The Morgan fingerprint density at radius 3 is 2.71 bits per heavy atom. The van der Waals surface area contributed by atoms with Crippen LogP contribution in [0, 0.1) is 6.92 Å². The van der Waals surface area contributed by atoms with Gasteiger partial charge in [0, 0.05) is 25.7 Å². The first-order valence-electron chi connectivity index (χ1n) is 4.59. The number of halogens is 1. The van der Waals surface area contributed by atoms with Crippen LogP contribution in [0.3, 0.4) is 0 Å². The minimum atomic E-state index is -0.342. The molecule has 1 heterocycles. The van der Waals surface area contributed by atoms with E-state index in [9.17, 15) is 0 Å². The Kier molecular flexibility index (Phi) is 3.92. The first-order valence-corrected chi connectivity index (χ1v) is 4.97. The molecular weight excluding hydrogens is 202 g/mol. The van der Waals surface area contributed by atoms with Gasteiger partial charge in [-0.15, -0.1) is 0 Å². The molecule has 0 saturated heterocycles. The van der Waals surface area contributed by atoms with Crippen molar-refractivity contribution in [3.8, 4) is 0 Å². The Hall–Kier alpha value is -0.580. The summed E-state index contributed by atoms with van der Waals surface area (Å²) in [5.41, 5.74) is 1.92. The van der Waals surface area contributed by atoms with Gasteiger partial charge in [-0.25, -0.2) is 0 Å². The number of rotatable bonds is 4. The van der Waals surface area contributed by atoms with Gasteiger partial charge in [-0.1, -0.05) is 11.6 Å². The monoisotopic (exact) mass is 217 g/mol. The fourth-order valence-corrected chi connectivity index (χ4v) is 1.52. The summed E-state index contributed by atoms with van der Waals surface area (Å²) in [4.78, 5) is 0. The highest BCUT2D eigenvalue weighted by Gasteiger charge is 2.10. The van der Waals surface area contributed by atoms with Crippen LogP contribution in [0.5, 0.6) is 0 Å². The zero-order chi connectivity index (χ0) is 10.7. The van der Waals surface area contributed by atoms with E-state index < -0.39 is 0 Å². The van der Waals surface area contributed by atoms with Gasteiger partial charge in [0.05, 0.1) is 11.8 Å². The smallest absolute Gasteiger partial charge is 0.131 e. The molecule has 0 aliphatic heterocycles. The molecule has 1 atom stereocenters. The van der Waals surface area contributed by atoms with E-state index in [4.69, 9.17) is 16.7 Å². The molecule has 0 amide bonds. The molecular formula is C9H16ClN3O. The van der Waals surface area contributed by atoms with Crippen LogP contribution >= 0.6 is 11.6 Å². The van der Waals surface area contributed by atoms with Crippen LogP contribution < -0.4 is 5.32 Å². The lowest BCUT2D eigenvalue weighted by molar-refractivity contribution is 0.191. The molecule has 1 aromatic rings. The van der Waals surface area contributed by atoms with Gasteiger partial charge in [-0.2, -0.15) is 5.10 Å². The minimum Gasteiger partial charge on any atom is -0.392 e. The van der Waals surface area contributed by atoms with Crippen molar-refractivity contribution in [1.29, 1.82) is 0 Å². The summed E-state index contributed by atoms with van der Waals surface area (Å²) in [6, 6.07) is 0. The van der Waals surface area contributed by atoms with Crippen molar-refractivity contribution >= 4 is 11.6 Å². The zero-order valence-corrected chi connectivity index (χ0v) is 9.47. The molecule has 4 nitrogen and oxygen atoms in total. The topological polar surface area (TPSA) is 50.1 Å². The maximum Gasteiger partial charge on any atom is 0.131 e. The normalized spacial score (nSPS) is 13.2. The Bertz CT molecular complexity index is 309. The Balaban J connectivity index is 2.58. The van der Waals surface area contributed by atoms with E-state index in [2.05, 4.69) is 10.4 Å². The van der Waals surface area contributed by atoms with Gasteiger partial charge >= 0.3 is 0 Å². The van der Waals surface area contributed by atoms with Crippen molar-refractivity contribution in [3.05, 3.63) is 16.4 Å². The second-order valence-corrected chi connectivity index (χ2v) is 3.82. The second-order valence-electron chi connectivity index (χ2n) is 3.46. The third kappa shape index (κ3) is 2.70. The minimum absolute atomic E-state index is 0.342. The number of aromatic nitrogens is 2. The average molecular weight is 218 g/mol. The van der Waals surface area contributed by atoms with Gasteiger partial charge in [0.25, 0.3) is 0 Å². The fourth-order valence-electron chi connectivity index (χ4n) is 1.28. The van der Waals surface area contributed by atoms with Crippen LogP contribution in [0.1, 0.15) is 18.2 Å². The molecule has 14 heavy (non-hydrogen) atoms. The SMILES string of the molecule is Cc1nn(C)c(Cl)c1CNC[C@H](C)O. The molecule has 1 aromatic heterocycles. The third-order valence-corrected chi connectivity index (χ3v) is 2.48. The van der Waals surface area contributed by atoms with Crippen LogP contribution in [0.2, 0.25) is 5.15 Å². The molecule has 0 radical (unpaired) electrons. The zero-order valence-electron chi connectivity index (χ0n) is 8.71. The highest BCUT2D eigenvalue weighted by molar-refractivity contribution is 6.30. The van der Waals surface area contributed by atoms with Crippen molar-refractivity contribution < 1.29 is 5.11 Å². The summed E-state index contributed by atoms with van der Waals surface area (Å²) in [5, 5.41) is 17.0. The van der Waals surface area contributed by atoms with E-state index in [0.29, 0.717) is 18.2 Å². The van der Waals surface area contributed by atoms with E-state index in [0.717, 1.165) is 11.3 Å². The van der Waals surface area contributed by atoms with Crippen LogP contribution in [0.4, 0.5) is 0 Å². The van der Waals surface area contributed by atoms with E-state index in [1.807, 2.05) is 14.0 Å². The summed E-state index contributed by atoms with van der Waals surface area (Å²) >= 11 is 6.03. The lowest BCUT2D eigenvalue weighted by Gasteiger charge is -2.06. The van der Waals surface area contributed by atoms with Crippen LogP contribution in [-0.4, -0.2) is 27.5 Å². The van der Waals surface area contributed by atoms with Gasteiger partial charge in [0.2, 0.25) is 0 Å². The summed E-state index contributed by atoms with van der Waals surface area (Å²) in [6.07, 6.45) is -0.342. The van der Waals surface area contributed by atoms with E-state index in [-0.39, 0.29) is 6.10 Å². The standard InChI is InChI=1S/C9H16ClN3O/c1-6(14)4-11-5-8-7(2)12-13(3)9(8)10/h6,11,14H,4-5H2,1-3H3/t6-/m0/s1. The van der Waals surface area contributed by atoms with E-state index in [1.165, 1.54) is 0 Å². The lowest BCUT2D eigenvalue weighted by atomic mass is 10.2. The van der Waals surface area contributed by atoms with Gasteiger partial charge in [0.15, 0.2) is 0 Å². The van der Waals surface area contributed by atoms with E-state index >= 15 is 0 Å². The average Bonchev–Trinajstić information content (AvgIpc) is 2.31. The van der Waals surface area contributed by atoms with Crippen molar-refractivity contribution in [1.82, 2.24) is 15.1 Å². The number of hydrogen-bond donors (Lipinski definition) is 2. The molecule has 0 aromatic carbocycles. The lowest BCUT2D eigenvalue weighted by Crippen LogP contribution is -2.24. The molecule has 0 spiro atoms. The van der Waals surface area contributed by atoms with E-state index in [1.54, 1.807) is 11.6 Å². The maximum atomic E-state index is 9.06. The predicted octanol–water partition coefficient (Wildman–Crippen LogP) is 0.852. The first kappa shape index (κ1) is 11.5. The predicted molar refractivity (Wildman–Crippen MR) is 56.3 cm³/mol. The van der Waals surface area contributed by atoms with Crippen LogP contribution in [0.25, 0.3) is 0 Å². The highest BCUT2D eigenvalue weighted by atomic mass is 35.5. The molecule has 0 aliphatic rings. The van der Waals surface area contributed by atoms with Gasteiger partial charge in [-0.05, 0) is 13.8 Å². The number of aliphatic hydroxyl groups is 1. The number of hydrogen-bond acceptors (Lipinski definition) is 3. The third-order valence-electron chi connectivity index (χ3n) is 2.01. The van der Waals surface area contributed by atoms with Crippen molar-refractivity contribution in [2.75, 3.05) is 6.54 Å². The van der Waals surface area contributed by atoms with Crippen molar-refractivity contribution in [3.63, 3.8) is 0 Å². The number of aliphatic hydroxyl groups excluding tert-OH is 1. The summed E-state index contributed by atoms with van der Waals surface area (Å²) < 4.78 is 1.65. The van der Waals surface area contributed by atoms with Gasteiger partial charge < -0.3 is 10.4 Å². The number of nitrogens with zero attached hydrogens (tertiary/aromatic N) is 2. The molecule has 5 heteroatoms. The maximum absolute atomic E-state index is 9.06. The quantitative estimate of drug-likeness (QED) is 0.787. The van der Waals surface area contributed by atoms with Gasteiger partial charge in [-0.3, -0.25) is 4.68 Å². The number of aryl methyl sites for hydroxylation is 2. The summed E-state index contributed by atoms with van der Waals surface area (Å²) in [5.74, 6) is 0. The van der Waals surface area contributed by atoms with Crippen LogP contribution in [0.15, 0.2) is 0 Å². The molecule has 1 rings (SSSR count). The van der Waals surface area contributed by atoms with Crippen molar-refractivity contribution in [2.24, 2.45) is 7.05 Å². The molecule has 0 fully saturated rings. The highest BCUT2D eigenvalue weighted by Crippen LogP contribution is 2.17. The molecule has 0 unspecified atom stereocenters. The fraction of sp³-hybridized carbons (Fsp3) is 0.667.